The van der Waals surface area contributed by atoms with Crippen LogP contribution in [0.2, 0.25) is 0 Å². The molecule has 0 aliphatic carbocycles. The zero-order chi connectivity index (χ0) is 18.9. The molecule has 5 heteroatoms. The molecule has 3 rings (SSSR count). The first kappa shape index (κ1) is 19.1. The molecule has 1 N–H and O–H groups in total. The standard InChI is InChI=1S/C22H27N3O2/c26-21(12-7-13-23-22(27)20-10-5-2-6-11-20)25-16-14-24(15-17-25)18-19-8-3-1-4-9-19/h1-6,8-11H,7,12-18H2,(H,23,27). The Morgan fingerprint density at radius 1 is 0.852 bits per heavy atom. The highest BCUT2D eigenvalue weighted by Crippen LogP contribution is 2.09. The molecule has 5 nitrogen and oxygen atoms in total. The molecule has 1 saturated heterocycles. The van der Waals surface area contributed by atoms with Gasteiger partial charge in [-0.1, -0.05) is 48.5 Å². The summed E-state index contributed by atoms with van der Waals surface area (Å²) >= 11 is 0. The normalized spacial score (nSPS) is 14.7. The number of rotatable bonds is 7. The Labute approximate surface area is 161 Å². The van der Waals surface area contributed by atoms with E-state index in [1.807, 2.05) is 29.2 Å². The second kappa shape index (κ2) is 9.88. The van der Waals surface area contributed by atoms with Crippen molar-refractivity contribution in [3.63, 3.8) is 0 Å². The maximum Gasteiger partial charge on any atom is 0.251 e. The summed E-state index contributed by atoms with van der Waals surface area (Å²) in [4.78, 5) is 28.7. The molecule has 2 aromatic rings. The number of hydrogen-bond acceptors (Lipinski definition) is 3. The molecule has 1 aliphatic rings. The maximum atomic E-state index is 12.4. The Bertz CT molecular complexity index is 726. The maximum absolute atomic E-state index is 12.4. The van der Waals surface area contributed by atoms with E-state index in [0.717, 1.165) is 32.7 Å². The van der Waals surface area contributed by atoms with Gasteiger partial charge in [-0.2, -0.15) is 0 Å². The van der Waals surface area contributed by atoms with Crippen LogP contribution in [0.5, 0.6) is 0 Å². The number of hydrogen-bond donors (Lipinski definition) is 1. The number of carbonyl (C=O) groups excluding carboxylic acids is 2. The van der Waals surface area contributed by atoms with E-state index in [0.29, 0.717) is 24.9 Å². The van der Waals surface area contributed by atoms with Gasteiger partial charge in [0.2, 0.25) is 5.91 Å². The minimum atomic E-state index is -0.0856. The number of nitrogens with one attached hydrogen (secondary N) is 1. The van der Waals surface area contributed by atoms with Crippen molar-refractivity contribution < 1.29 is 9.59 Å². The zero-order valence-corrected chi connectivity index (χ0v) is 15.6. The fraction of sp³-hybridized carbons (Fsp3) is 0.364. The Balaban J connectivity index is 1.32. The highest BCUT2D eigenvalue weighted by Gasteiger charge is 2.20. The van der Waals surface area contributed by atoms with Crippen LogP contribution in [0, 0.1) is 0 Å². The van der Waals surface area contributed by atoms with E-state index in [2.05, 4.69) is 34.5 Å². The Morgan fingerprint density at radius 3 is 2.15 bits per heavy atom. The van der Waals surface area contributed by atoms with Crippen LogP contribution in [0.3, 0.4) is 0 Å². The van der Waals surface area contributed by atoms with E-state index >= 15 is 0 Å². The molecular formula is C22H27N3O2. The Morgan fingerprint density at radius 2 is 1.48 bits per heavy atom. The summed E-state index contributed by atoms with van der Waals surface area (Å²) in [5, 5.41) is 2.87. The molecule has 1 aliphatic heterocycles. The number of benzene rings is 2. The lowest BCUT2D eigenvalue weighted by molar-refractivity contribution is -0.133. The summed E-state index contributed by atoms with van der Waals surface area (Å²) in [5.41, 5.74) is 1.96. The van der Waals surface area contributed by atoms with Crippen LogP contribution >= 0.6 is 0 Å². The zero-order valence-electron chi connectivity index (χ0n) is 15.6. The van der Waals surface area contributed by atoms with Gasteiger partial charge < -0.3 is 10.2 Å². The minimum Gasteiger partial charge on any atom is -0.352 e. The van der Waals surface area contributed by atoms with Crippen LogP contribution < -0.4 is 5.32 Å². The van der Waals surface area contributed by atoms with Crippen LogP contribution in [-0.2, 0) is 11.3 Å². The molecule has 0 aromatic heterocycles. The van der Waals surface area contributed by atoms with Crippen LogP contribution in [0.4, 0.5) is 0 Å². The second-order valence-electron chi connectivity index (χ2n) is 6.87. The summed E-state index contributed by atoms with van der Waals surface area (Å²) in [5.74, 6) is 0.0981. The van der Waals surface area contributed by atoms with Crippen LogP contribution in [0.25, 0.3) is 0 Å². The highest BCUT2D eigenvalue weighted by atomic mass is 16.2. The molecule has 0 spiro atoms. The van der Waals surface area contributed by atoms with E-state index in [-0.39, 0.29) is 11.8 Å². The third-order valence-corrected chi connectivity index (χ3v) is 4.86. The van der Waals surface area contributed by atoms with Gasteiger partial charge in [0.25, 0.3) is 5.91 Å². The summed E-state index contributed by atoms with van der Waals surface area (Å²) < 4.78 is 0. The number of nitrogens with zero attached hydrogens (tertiary/aromatic N) is 2. The Kier molecular flexibility index (Phi) is 6.99. The monoisotopic (exact) mass is 365 g/mol. The molecule has 2 amide bonds. The average molecular weight is 365 g/mol. The van der Waals surface area contributed by atoms with Gasteiger partial charge in [-0.05, 0) is 24.1 Å². The van der Waals surface area contributed by atoms with Crippen molar-refractivity contribution in [2.45, 2.75) is 19.4 Å². The third-order valence-electron chi connectivity index (χ3n) is 4.86. The summed E-state index contributed by atoms with van der Waals surface area (Å²) in [6.07, 6.45) is 1.15. The molecular weight excluding hydrogens is 338 g/mol. The predicted molar refractivity (Wildman–Crippen MR) is 106 cm³/mol. The highest BCUT2D eigenvalue weighted by molar-refractivity contribution is 5.94. The van der Waals surface area contributed by atoms with E-state index in [1.165, 1.54) is 5.56 Å². The molecule has 0 saturated carbocycles. The van der Waals surface area contributed by atoms with Crippen molar-refractivity contribution in [2.75, 3.05) is 32.7 Å². The topological polar surface area (TPSA) is 52.7 Å². The van der Waals surface area contributed by atoms with Gasteiger partial charge in [-0.15, -0.1) is 0 Å². The molecule has 0 unspecified atom stereocenters. The van der Waals surface area contributed by atoms with Crippen molar-refractivity contribution in [1.29, 1.82) is 0 Å². The van der Waals surface area contributed by atoms with Gasteiger partial charge >= 0.3 is 0 Å². The lowest BCUT2D eigenvalue weighted by Gasteiger charge is -2.34. The van der Waals surface area contributed by atoms with Gasteiger partial charge in [0, 0.05) is 51.3 Å². The quantitative estimate of drug-likeness (QED) is 0.767. The van der Waals surface area contributed by atoms with E-state index in [4.69, 9.17) is 0 Å². The smallest absolute Gasteiger partial charge is 0.251 e. The van der Waals surface area contributed by atoms with Crippen molar-refractivity contribution >= 4 is 11.8 Å². The van der Waals surface area contributed by atoms with E-state index < -0.39 is 0 Å². The second-order valence-corrected chi connectivity index (χ2v) is 6.87. The summed E-state index contributed by atoms with van der Waals surface area (Å²) in [6.45, 7) is 4.84. The van der Waals surface area contributed by atoms with Gasteiger partial charge in [-0.3, -0.25) is 14.5 Å². The van der Waals surface area contributed by atoms with Gasteiger partial charge in [0.15, 0.2) is 0 Å². The van der Waals surface area contributed by atoms with Gasteiger partial charge in [-0.25, -0.2) is 0 Å². The van der Waals surface area contributed by atoms with Gasteiger partial charge in [0.05, 0.1) is 0 Å². The number of amides is 2. The van der Waals surface area contributed by atoms with Crippen LogP contribution in [-0.4, -0.2) is 54.3 Å². The number of carbonyl (C=O) groups is 2. The van der Waals surface area contributed by atoms with E-state index in [9.17, 15) is 9.59 Å². The molecule has 0 atom stereocenters. The van der Waals surface area contributed by atoms with Crippen LogP contribution in [0.1, 0.15) is 28.8 Å². The van der Waals surface area contributed by atoms with Crippen molar-refractivity contribution in [3.8, 4) is 0 Å². The third kappa shape index (κ3) is 5.93. The lowest BCUT2D eigenvalue weighted by Crippen LogP contribution is -2.48. The molecule has 0 bridgehead atoms. The summed E-state index contributed by atoms with van der Waals surface area (Å²) in [6, 6.07) is 19.6. The molecule has 27 heavy (non-hydrogen) atoms. The van der Waals surface area contributed by atoms with Crippen molar-refractivity contribution in [3.05, 3.63) is 71.8 Å². The van der Waals surface area contributed by atoms with Crippen molar-refractivity contribution in [1.82, 2.24) is 15.1 Å². The number of piperazine rings is 1. The lowest BCUT2D eigenvalue weighted by atomic mass is 10.2. The SMILES string of the molecule is O=C(NCCCC(=O)N1CCN(Cc2ccccc2)CC1)c1ccccc1. The van der Waals surface area contributed by atoms with Crippen LogP contribution in [0.15, 0.2) is 60.7 Å². The molecule has 1 fully saturated rings. The first-order chi connectivity index (χ1) is 13.2. The Hall–Kier alpha value is -2.66. The fourth-order valence-electron chi connectivity index (χ4n) is 3.29. The fourth-order valence-corrected chi connectivity index (χ4v) is 3.29. The first-order valence-electron chi connectivity index (χ1n) is 9.60. The van der Waals surface area contributed by atoms with Gasteiger partial charge in [0.1, 0.15) is 0 Å². The molecule has 0 radical (unpaired) electrons. The molecule has 142 valence electrons. The molecule has 1 heterocycles. The minimum absolute atomic E-state index is 0.0856. The average Bonchev–Trinajstić information content (AvgIpc) is 2.73. The first-order valence-corrected chi connectivity index (χ1v) is 9.60. The molecule has 2 aromatic carbocycles. The van der Waals surface area contributed by atoms with E-state index in [1.54, 1.807) is 12.1 Å². The summed E-state index contributed by atoms with van der Waals surface area (Å²) in [7, 11) is 0. The van der Waals surface area contributed by atoms with Crippen molar-refractivity contribution in [2.24, 2.45) is 0 Å². The largest absolute Gasteiger partial charge is 0.352 e. The predicted octanol–water partition coefficient (Wildman–Crippen LogP) is 2.54.